The summed E-state index contributed by atoms with van der Waals surface area (Å²) < 4.78 is 0. The number of fused-ring (bicyclic) bond motifs is 1. The first-order valence-corrected chi connectivity index (χ1v) is 6.50. The second kappa shape index (κ2) is 4.35. The van der Waals surface area contributed by atoms with Crippen molar-refractivity contribution >= 4 is 17.5 Å². The molecule has 2 amide bonds. The summed E-state index contributed by atoms with van der Waals surface area (Å²) in [5, 5.41) is 0. The molecule has 3 rings (SSSR count). The van der Waals surface area contributed by atoms with E-state index in [0.29, 0.717) is 29.3 Å². The lowest BCUT2D eigenvalue weighted by atomic mass is 10.1. The molecule has 5 nitrogen and oxygen atoms in total. The van der Waals surface area contributed by atoms with Crippen LogP contribution in [0.3, 0.4) is 0 Å². The van der Waals surface area contributed by atoms with Crippen LogP contribution in [0.1, 0.15) is 27.1 Å². The summed E-state index contributed by atoms with van der Waals surface area (Å²) in [5.74, 6) is -0.0130. The van der Waals surface area contributed by atoms with Crippen LogP contribution in [0, 0.1) is 5.92 Å². The molecule has 19 heavy (non-hydrogen) atoms. The Morgan fingerprint density at radius 1 is 1.26 bits per heavy atom. The van der Waals surface area contributed by atoms with Gasteiger partial charge in [-0.1, -0.05) is 0 Å². The Morgan fingerprint density at radius 3 is 2.68 bits per heavy atom. The van der Waals surface area contributed by atoms with E-state index in [1.165, 1.54) is 4.90 Å². The number of hydrogen-bond donors (Lipinski definition) is 1. The lowest BCUT2D eigenvalue weighted by Crippen LogP contribution is -2.35. The Bertz CT molecular complexity index is 556. The number of nitrogens with zero attached hydrogens (tertiary/aromatic N) is 2. The molecule has 2 heterocycles. The van der Waals surface area contributed by atoms with Crippen LogP contribution < -0.4 is 5.73 Å². The topological polar surface area (TPSA) is 66.6 Å². The van der Waals surface area contributed by atoms with Crippen LogP contribution in [0.15, 0.2) is 18.2 Å². The van der Waals surface area contributed by atoms with Gasteiger partial charge in [-0.25, -0.2) is 0 Å². The normalized spacial score (nSPS) is 23.2. The van der Waals surface area contributed by atoms with E-state index in [-0.39, 0.29) is 11.8 Å². The van der Waals surface area contributed by atoms with E-state index < -0.39 is 0 Å². The molecule has 5 heteroatoms. The summed E-state index contributed by atoms with van der Waals surface area (Å²) in [6, 6.07) is 4.90. The van der Waals surface area contributed by atoms with Gasteiger partial charge < -0.3 is 10.6 Å². The Hall–Kier alpha value is -1.88. The number of nitrogens with two attached hydrogens (primary N) is 1. The van der Waals surface area contributed by atoms with Gasteiger partial charge in [0.15, 0.2) is 0 Å². The summed E-state index contributed by atoms with van der Waals surface area (Å²) in [5.41, 5.74) is 7.11. The van der Waals surface area contributed by atoms with Gasteiger partial charge >= 0.3 is 0 Å². The van der Waals surface area contributed by atoms with Gasteiger partial charge in [0, 0.05) is 18.8 Å². The highest BCUT2D eigenvalue weighted by Crippen LogP contribution is 2.27. The Balaban J connectivity index is 1.82. The number of carbonyl (C=O) groups is 2. The van der Waals surface area contributed by atoms with Crippen molar-refractivity contribution in [2.24, 2.45) is 5.92 Å². The minimum absolute atomic E-state index is 0.186. The molecule has 1 atom stereocenters. The zero-order chi connectivity index (χ0) is 13.6. The molecule has 2 N–H and O–H groups in total. The maximum atomic E-state index is 12.3. The van der Waals surface area contributed by atoms with Gasteiger partial charge in [0.2, 0.25) is 0 Å². The van der Waals surface area contributed by atoms with Crippen molar-refractivity contribution in [3.8, 4) is 0 Å². The SMILES string of the molecule is CN1CCC(CN2C(=O)c3ccc(N)cc3C2=O)C1. The molecular formula is C14H17N3O2. The molecule has 100 valence electrons. The van der Waals surface area contributed by atoms with Crippen molar-refractivity contribution in [1.29, 1.82) is 0 Å². The van der Waals surface area contributed by atoms with Crippen molar-refractivity contribution in [1.82, 2.24) is 9.80 Å². The highest BCUT2D eigenvalue weighted by Gasteiger charge is 2.37. The molecule has 2 aliphatic heterocycles. The molecule has 0 bridgehead atoms. The summed E-state index contributed by atoms with van der Waals surface area (Å²) in [6.07, 6.45) is 1.03. The third-order valence-corrected chi connectivity index (χ3v) is 3.92. The summed E-state index contributed by atoms with van der Waals surface area (Å²) in [4.78, 5) is 28.1. The highest BCUT2D eigenvalue weighted by atomic mass is 16.2. The second-order valence-corrected chi connectivity index (χ2v) is 5.44. The van der Waals surface area contributed by atoms with E-state index in [0.717, 1.165) is 19.5 Å². The van der Waals surface area contributed by atoms with Crippen molar-refractivity contribution in [2.75, 3.05) is 32.4 Å². The zero-order valence-electron chi connectivity index (χ0n) is 10.9. The molecule has 0 aliphatic carbocycles. The van der Waals surface area contributed by atoms with Crippen LogP contribution in [-0.2, 0) is 0 Å². The average molecular weight is 259 g/mol. The van der Waals surface area contributed by atoms with Crippen LogP contribution in [0.25, 0.3) is 0 Å². The number of anilines is 1. The Kier molecular flexibility index (Phi) is 2.78. The minimum atomic E-state index is -0.207. The van der Waals surface area contributed by atoms with Crippen LogP contribution in [0.5, 0.6) is 0 Å². The van der Waals surface area contributed by atoms with Gasteiger partial charge in [-0.05, 0) is 44.1 Å². The number of rotatable bonds is 2. The monoisotopic (exact) mass is 259 g/mol. The van der Waals surface area contributed by atoms with Gasteiger partial charge in [-0.15, -0.1) is 0 Å². The summed E-state index contributed by atoms with van der Waals surface area (Å²) in [6.45, 7) is 2.48. The van der Waals surface area contributed by atoms with E-state index in [1.54, 1.807) is 18.2 Å². The lowest BCUT2D eigenvalue weighted by molar-refractivity contribution is 0.0631. The van der Waals surface area contributed by atoms with Gasteiger partial charge in [0.1, 0.15) is 0 Å². The number of likely N-dealkylation sites (tertiary alicyclic amines) is 1. The van der Waals surface area contributed by atoms with E-state index >= 15 is 0 Å². The van der Waals surface area contributed by atoms with Crippen LogP contribution in [0.2, 0.25) is 0 Å². The number of amides is 2. The third kappa shape index (κ3) is 2.00. The van der Waals surface area contributed by atoms with Gasteiger partial charge in [0.05, 0.1) is 11.1 Å². The number of benzene rings is 1. The molecule has 0 spiro atoms. The number of carbonyl (C=O) groups excluding carboxylic acids is 2. The number of hydrogen-bond acceptors (Lipinski definition) is 4. The fourth-order valence-corrected chi connectivity index (χ4v) is 2.91. The molecule has 1 saturated heterocycles. The van der Waals surface area contributed by atoms with E-state index in [1.807, 2.05) is 0 Å². The fraction of sp³-hybridized carbons (Fsp3) is 0.429. The van der Waals surface area contributed by atoms with Crippen LogP contribution in [-0.4, -0.2) is 48.3 Å². The second-order valence-electron chi connectivity index (χ2n) is 5.44. The average Bonchev–Trinajstić information content (AvgIpc) is 2.88. The standard InChI is InChI=1S/C14H17N3O2/c1-16-5-4-9(7-16)8-17-13(18)11-3-2-10(15)6-12(11)14(17)19/h2-3,6,9H,4-5,7-8,15H2,1H3. The predicted octanol–water partition coefficient (Wildman–Crippen LogP) is 0.816. The largest absolute Gasteiger partial charge is 0.399 e. The van der Waals surface area contributed by atoms with Crippen LogP contribution in [0.4, 0.5) is 5.69 Å². The van der Waals surface area contributed by atoms with Crippen molar-refractivity contribution in [2.45, 2.75) is 6.42 Å². The first-order chi connectivity index (χ1) is 9.06. The molecule has 0 saturated carbocycles. The fourth-order valence-electron chi connectivity index (χ4n) is 2.91. The van der Waals surface area contributed by atoms with Gasteiger partial charge in [-0.3, -0.25) is 14.5 Å². The first kappa shape index (κ1) is 12.2. The van der Waals surface area contributed by atoms with Crippen molar-refractivity contribution < 1.29 is 9.59 Å². The van der Waals surface area contributed by atoms with Crippen molar-refractivity contribution in [3.63, 3.8) is 0 Å². The molecule has 2 aliphatic rings. The Morgan fingerprint density at radius 2 is 2.00 bits per heavy atom. The minimum Gasteiger partial charge on any atom is -0.399 e. The number of imide groups is 1. The molecular weight excluding hydrogens is 242 g/mol. The van der Waals surface area contributed by atoms with Crippen molar-refractivity contribution in [3.05, 3.63) is 29.3 Å². The summed E-state index contributed by atoms with van der Waals surface area (Å²) >= 11 is 0. The highest BCUT2D eigenvalue weighted by molar-refractivity contribution is 6.21. The van der Waals surface area contributed by atoms with Gasteiger partial charge in [-0.2, -0.15) is 0 Å². The Labute approximate surface area is 112 Å². The molecule has 1 unspecified atom stereocenters. The zero-order valence-corrected chi connectivity index (χ0v) is 10.9. The maximum Gasteiger partial charge on any atom is 0.261 e. The quantitative estimate of drug-likeness (QED) is 0.630. The van der Waals surface area contributed by atoms with E-state index in [9.17, 15) is 9.59 Å². The molecule has 0 radical (unpaired) electrons. The molecule has 1 fully saturated rings. The molecule has 1 aromatic rings. The lowest BCUT2D eigenvalue weighted by Gasteiger charge is -2.18. The molecule has 0 aromatic heterocycles. The predicted molar refractivity (Wildman–Crippen MR) is 71.8 cm³/mol. The van der Waals surface area contributed by atoms with Gasteiger partial charge in [0.25, 0.3) is 11.8 Å². The third-order valence-electron chi connectivity index (χ3n) is 3.92. The first-order valence-electron chi connectivity index (χ1n) is 6.50. The van der Waals surface area contributed by atoms with E-state index in [4.69, 9.17) is 5.73 Å². The maximum absolute atomic E-state index is 12.3. The van der Waals surface area contributed by atoms with E-state index in [2.05, 4.69) is 11.9 Å². The summed E-state index contributed by atoms with van der Waals surface area (Å²) in [7, 11) is 2.06. The molecule has 1 aromatic carbocycles. The number of nitrogen functional groups attached to an aromatic ring is 1. The smallest absolute Gasteiger partial charge is 0.261 e. The van der Waals surface area contributed by atoms with Crippen LogP contribution >= 0.6 is 0 Å².